The van der Waals surface area contributed by atoms with Crippen LogP contribution in [0.1, 0.15) is 39.5 Å². The third-order valence-corrected chi connectivity index (χ3v) is 3.75. The van der Waals surface area contributed by atoms with Gasteiger partial charge in [0.1, 0.15) is 23.0 Å². The number of halogens is 2. The molecule has 2 rings (SSSR count). The monoisotopic (exact) mass is 283 g/mol. The first-order valence-electron chi connectivity index (χ1n) is 7.35. The summed E-state index contributed by atoms with van der Waals surface area (Å²) < 4.78 is 32.3. The average molecular weight is 283 g/mol. The van der Waals surface area contributed by atoms with Gasteiger partial charge in [-0.05, 0) is 44.7 Å². The van der Waals surface area contributed by atoms with Gasteiger partial charge in [-0.15, -0.1) is 0 Å². The summed E-state index contributed by atoms with van der Waals surface area (Å²) >= 11 is 0. The molecule has 0 amide bonds. The normalized spacial score (nSPS) is 17.1. The lowest BCUT2D eigenvalue weighted by atomic mass is 9.77. The molecule has 112 valence electrons. The summed E-state index contributed by atoms with van der Waals surface area (Å²) in [5.74, 6) is -0.267. The standard InChI is InChI=1S/C16H23F2NO/c1-12(2)11-19-7-6-16(4-3-5-16)20-15-9-13(17)8-14(18)10-15/h8-10,12,19H,3-7,11H2,1-2H3. The van der Waals surface area contributed by atoms with Gasteiger partial charge >= 0.3 is 0 Å². The third-order valence-electron chi connectivity index (χ3n) is 3.75. The summed E-state index contributed by atoms with van der Waals surface area (Å²) in [4.78, 5) is 0. The Labute approximate surface area is 119 Å². The average Bonchev–Trinajstić information content (AvgIpc) is 2.29. The van der Waals surface area contributed by atoms with Gasteiger partial charge in [0, 0.05) is 18.2 Å². The summed E-state index contributed by atoms with van der Waals surface area (Å²) in [5, 5.41) is 3.39. The van der Waals surface area contributed by atoms with Crippen LogP contribution in [0.15, 0.2) is 18.2 Å². The van der Waals surface area contributed by atoms with Crippen LogP contribution in [-0.2, 0) is 0 Å². The van der Waals surface area contributed by atoms with Crippen LogP contribution < -0.4 is 10.1 Å². The summed E-state index contributed by atoms with van der Waals surface area (Å²) in [5.41, 5.74) is -0.246. The van der Waals surface area contributed by atoms with Crippen LogP contribution in [0.4, 0.5) is 8.78 Å². The molecule has 2 nitrogen and oxygen atoms in total. The predicted molar refractivity (Wildman–Crippen MR) is 75.9 cm³/mol. The van der Waals surface area contributed by atoms with Crippen LogP contribution in [0, 0.1) is 17.6 Å². The second kappa shape index (κ2) is 6.53. The number of nitrogens with one attached hydrogen (secondary N) is 1. The van der Waals surface area contributed by atoms with E-state index in [1.807, 2.05) is 0 Å². The molecule has 0 spiro atoms. The smallest absolute Gasteiger partial charge is 0.129 e. The second-order valence-electron chi connectivity index (χ2n) is 6.09. The van der Waals surface area contributed by atoms with E-state index in [4.69, 9.17) is 4.74 Å². The van der Waals surface area contributed by atoms with Crippen LogP contribution in [0.3, 0.4) is 0 Å². The fourth-order valence-corrected chi connectivity index (χ4v) is 2.52. The molecule has 1 aromatic rings. The predicted octanol–water partition coefficient (Wildman–Crippen LogP) is 3.90. The molecule has 0 atom stereocenters. The van der Waals surface area contributed by atoms with Crippen molar-refractivity contribution < 1.29 is 13.5 Å². The molecule has 1 aromatic carbocycles. The maximum Gasteiger partial charge on any atom is 0.129 e. The van der Waals surface area contributed by atoms with Gasteiger partial charge in [0.2, 0.25) is 0 Å². The van der Waals surface area contributed by atoms with Gasteiger partial charge in [-0.25, -0.2) is 8.78 Å². The van der Waals surface area contributed by atoms with E-state index in [2.05, 4.69) is 19.2 Å². The number of rotatable bonds is 7. The summed E-state index contributed by atoms with van der Waals surface area (Å²) in [6, 6.07) is 3.37. The topological polar surface area (TPSA) is 21.3 Å². The Morgan fingerprint density at radius 3 is 2.35 bits per heavy atom. The van der Waals surface area contributed by atoms with Gasteiger partial charge < -0.3 is 10.1 Å². The van der Waals surface area contributed by atoms with E-state index in [0.29, 0.717) is 11.7 Å². The summed E-state index contributed by atoms with van der Waals surface area (Å²) in [7, 11) is 0. The largest absolute Gasteiger partial charge is 0.487 e. The van der Waals surface area contributed by atoms with Crippen molar-refractivity contribution >= 4 is 0 Å². The van der Waals surface area contributed by atoms with Gasteiger partial charge in [0.05, 0.1) is 0 Å². The Kier molecular flexibility index (Phi) is 4.97. The van der Waals surface area contributed by atoms with E-state index in [0.717, 1.165) is 44.8 Å². The summed E-state index contributed by atoms with van der Waals surface area (Å²) in [6.45, 7) is 6.18. The van der Waals surface area contributed by atoms with Gasteiger partial charge in [0.15, 0.2) is 0 Å². The molecule has 1 N–H and O–H groups in total. The van der Waals surface area contributed by atoms with E-state index < -0.39 is 11.6 Å². The first-order chi connectivity index (χ1) is 9.49. The Bertz CT molecular complexity index is 424. The van der Waals surface area contributed by atoms with Crippen molar-refractivity contribution in [3.05, 3.63) is 29.8 Å². The molecule has 1 aliphatic rings. The van der Waals surface area contributed by atoms with Gasteiger partial charge in [-0.1, -0.05) is 13.8 Å². The minimum Gasteiger partial charge on any atom is -0.487 e. The van der Waals surface area contributed by atoms with Gasteiger partial charge in [-0.3, -0.25) is 0 Å². The molecule has 4 heteroatoms. The van der Waals surface area contributed by atoms with Crippen LogP contribution >= 0.6 is 0 Å². The molecule has 0 bridgehead atoms. The highest BCUT2D eigenvalue weighted by Crippen LogP contribution is 2.39. The summed E-state index contributed by atoms with van der Waals surface area (Å²) in [6.07, 6.45) is 3.89. The van der Waals surface area contributed by atoms with Crippen molar-refractivity contribution in [2.45, 2.75) is 45.1 Å². The zero-order chi connectivity index (χ0) is 14.6. The van der Waals surface area contributed by atoms with Gasteiger partial charge in [-0.2, -0.15) is 0 Å². The first-order valence-corrected chi connectivity index (χ1v) is 7.35. The van der Waals surface area contributed by atoms with Crippen LogP contribution in [0.25, 0.3) is 0 Å². The molecule has 1 aliphatic carbocycles. The van der Waals surface area contributed by atoms with E-state index in [-0.39, 0.29) is 5.60 Å². The Hall–Kier alpha value is -1.16. The lowest BCUT2D eigenvalue weighted by Gasteiger charge is -2.42. The first kappa shape index (κ1) is 15.2. The zero-order valence-electron chi connectivity index (χ0n) is 12.2. The van der Waals surface area contributed by atoms with Crippen molar-refractivity contribution in [1.82, 2.24) is 5.32 Å². The molecule has 0 radical (unpaired) electrons. The molecular weight excluding hydrogens is 260 g/mol. The number of hydrogen-bond acceptors (Lipinski definition) is 2. The van der Waals surface area contributed by atoms with Crippen molar-refractivity contribution in [1.29, 1.82) is 0 Å². The number of benzene rings is 1. The molecule has 0 aliphatic heterocycles. The van der Waals surface area contributed by atoms with E-state index in [1.165, 1.54) is 12.1 Å². The van der Waals surface area contributed by atoms with Crippen LogP contribution in [-0.4, -0.2) is 18.7 Å². The minimum atomic E-state index is -0.590. The quantitative estimate of drug-likeness (QED) is 0.766. The fourth-order valence-electron chi connectivity index (χ4n) is 2.52. The molecular formula is C16H23F2NO. The van der Waals surface area contributed by atoms with Crippen molar-refractivity contribution in [3.63, 3.8) is 0 Å². The van der Waals surface area contributed by atoms with E-state index in [1.54, 1.807) is 0 Å². The molecule has 0 unspecified atom stereocenters. The maximum atomic E-state index is 13.2. The zero-order valence-corrected chi connectivity index (χ0v) is 12.2. The lowest BCUT2D eigenvalue weighted by molar-refractivity contribution is -0.0147. The Morgan fingerprint density at radius 1 is 1.20 bits per heavy atom. The number of ether oxygens (including phenoxy) is 1. The molecule has 1 saturated carbocycles. The van der Waals surface area contributed by atoms with Crippen molar-refractivity contribution in [2.24, 2.45) is 5.92 Å². The molecule has 0 heterocycles. The second-order valence-corrected chi connectivity index (χ2v) is 6.09. The third kappa shape index (κ3) is 4.17. The highest BCUT2D eigenvalue weighted by Gasteiger charge is 2.38. The molecule has 20 heavy (non-hydrogen) atoms. The maximum absolute atomic E-state index is 13.2. The fraction of sp³-hybridized carbons (Fsp3) is 0.625. The van der Waals surface area contributed by atoms with Crippen molar-refractivity contribution in [3.8, 4) is 5.75 Å². The molecule has 0 aromatic heterocycles. The highest BCUT2D eigenvalue weighted by atomic mass is 19.1. The Balaban J connectivity index is 1.90. The highest BCUT2D eigenvalue weighted by molar-refractivity contribution is 5.25. The van der Waals surface area contributed by atoms with Crippen molar-refractivity contribution in [2.75, 3.05) is 13.1 Å². The lowest BCUT2D eigenvalue weighted by Crippen LogP contribution is -2.45. The molecule has 0 saturated heterocycles. The van der Waals surface area contributed by atoms with E-state index >= 15 is 0 Å². The SMILES string of the molecule is CC(C)CNCCC1(Oc2cc(F)cc(F)c2)CCC1. The van der Waals surface area contributed by atoms with Crippen LogP contribution in [0.2, 0.25) is 0 Å². The van der Waals surface area contributed by atoms with Gasteiger partial charge in [0.25, 0.3) is 0 Å². The Morgan fingerprint density at radius 2 is 1.85 bits per heavy atom. The number of hydrogen-bond donors (Lipinski definition) is 1. The minimum absolute atomic E-state index is 0.246. The molecule has 1 fully saturated rings. The van der Waals surface area contributed by atoms with E-state index in [9.17, 15) is 8.78 Å². The van der Waals surface area contributed by atoms with Crippen LogP contribution in [0.5, 0.6) is 5.75 Å².